The van der Waals surface area contributed by atoms with E-state index in [2.05, 4.69) is 35.1 Å². The molecule has 0 saturated heterocycles. The van der Waals surface area contributed by atoms with E-state index < -0.39 is 0 Å². The maximum atomic E-state index is 5.37. The van der Waals surface area contributed by atoms with Crippen molar-refractivity contribution in [2.24, 2.45) is 0 Å². The highest BCUT2D eigenvalue weighted by atomic mass is 16.5. The van der Waals surface area contributed by atoms with Gasteiger partial charge in [0, 0.05) is 26.0 Å². The number of anilines is 1. The van der Waals surface area contributed by atoms with Crippen molar-refractivity contribution in [3.63, 3.8) is 0 Å². The van der Waals surface area contributed by atoms with Crippen molar-refractivity contribution in [3.8, 4) is 5.75 Å². The van der Waals surface area contributed by atoms with E-state index in [1.807, 2.05) is 30.6 Å². The molecule has 0 aliphatic heterocycles. The van der Waals surface area contributed by atoms with E-state index in [0.717, 1.165) is 24.4 Å². The summed E-state index contributed by atoms with van der Waals surface area (Å²) in [5.41, 5.74) is 2.42. The van der Waals surface area contributed by atoms with Gasteiger partial charge in [0.05, 0.1) is 12.8 Å². The van der Waals surface area contributed by atoms with E-state index >= 15 is 0 Å². The molecule has 0 spiro atoms. The van der Waals surface area contributed by atoms with Crippen molar-refractivity contribution in [2.45, 2.75) is 6.42 Å². The molecule has 0 saturated carbocycles. The van der Waals surface area contributed by atoms with Gasteiger partial charge in [-0.15, -0.1) is 0 Å². The lowest BCUT2D eigenvalue weighted by Crippen LogP contribution is -2.20. The molecule has 0 unspecified atom stereocenters. The number of nitrogens with zero attached hydrogens (tertiary/aromatic N) is 2. The second kappa shape index (κ2) is 6.05. The molecule has 0 aliphatic carbocycles. The largest absolute Gasteiger partial charge is 0.495 e. The van der Waals surface area contributed by atoms with Crippen LogP contribution >= 0.6 is 0 Å². The Balaban J connectivity index is 2.01. The van der Waals surface area contributed by atoms with Crippen LogP contribution in [0.1, 0.15) is 5.56 Å². The van der Waals surface area contributed by atoms with Crippen LogP contribution in [0.4, 0.5) is 5.69 Å². The number of hydrogen-bond acceptors (Lipinski definition) is 3. The van der Waals surface area contributed by atoms with Gasteiger partial charge in [0.25, 0.3) is 0 Å². The van der Waals surface area contributed by atoms with Crippen LogP contribution in [0.2, 0.25) is 0 Å². The maximum absolute atomic E-state index is 5.37. The quantitative estimate of drug-likeness (QED) is 0.806. The van der Waals surface area contributed by atoms with Gasteiger partial charge >= 0.3 is 0 Å². The molecule has 94 valence electrons. The monoisotopic (exact) mass is 242 g/mol. The fourth-order valence-electron chi connectivity index (χ4n) is 1.91. The molecule has 1 aromatic carbocycles. The summed E-state index contributed by atoms with van der Waals surface area (Å²) in [6, 6.07) is 12.2. The Kier molecular flexibility index (Phi) is 4.18. The third kappa shape index (κ3) is 3.00. The molecule has 3 nitrogen and oxygen atoms in total. The van der Waals surface area contributed by atoms with E-state index in [1.54, 1.807) is 7.11 Å². The number of aromatic nitrogens is 1. The van der Waals surface area contributed by atoms with Crippen molar-refractivity contribution in [1.29, 1.82) is 0 Å². The third-order valence-electron chi connectivity index (χ3n) is 2.98. The predicted molar refractivity (Wildman–Crippen MR) is 74.2 cm³/mol. The van der Waals surface area contributed by atoms with E-state index in [4.69, 9.17) is 4.74 Å². The topological polar surface area (TPSA) is 25.4 Å². The summed E-state index contributed by atoms with van der Waals surface area (Å²) in [5, 5.41) is 0. The first-order valence-corrected chi connectivity index (χ1v) is 6.04. The van der Waals surface area contributed by atoms with Crippen LogP contribution < -0.4 is 9.64 Å². The van der Waals surface area contributed by atoms with E-state index in [0.29, 0.717) is 0 Å². The number of likely N-dealkylation sites (N-methyl/N-ethyl adjacent to an activating group) is 1. The number of benzene rings is 1. The van der Waals surface area contributed by atoms with Crippen molar-refractivity contribution in [1.82, 2.24) is 4.98 Å². The zero-order valence-corrected chi connectivity index (χ0v) is 10.8. The Bertz CT molecular complexity index is 485. The predicted octanol–water partition coefficient (Wildman–Crippen LogP) is 2.77. The Morgan fingerprint density at radius 2 is 1.83 bits per heavy atom. The van der Waals surface area contributed by atoms with Crippen molar-refractivity contribution >= 4 is 5.69 Å². The third-order valence-corrected chi connectivity index (χ3v) is 2.98. The van der Waals surface area contributed by atoms with Crippen LogP contribution in [0.3, 0.4) is 0 Å². The van der Waals surface area contributed by atoms with Crippen LogP contribution in [0.15, 0.2) is 48.8 Å². The number of pyridine rings is 1. The molecule has 0 amide bonds. The summed E-state index contributed by atoms with van der Waals surface area (Å²) in [7, 11) is 3.79. The zero-order chi connectivity index (χ0) is 12.8. The van der Waals surface area contributed by atoms with Gasteiger partial charge in [-0.1, -0.05) is 12.1 Å². The molecular formula is C15H18N2O. The normalized spacial score (nSPS) is 10.1. The molecule has 1 aromatic heterocycles. The molecule has 2 rings (SSSR count). The number of rotatable bonds is 5. The highest BCUT2D eigenvalue weighted by Gasteiger charge is 2.06. The molecule has 0 radical (unpaired) electrons. The molecule has 0 aliphatic rings. The highest BCUT2D eigenvalue weighted by Crippen LogP contribution is 2.26. The molecule has 0 N–H and O–H groups in total. The first-order valence-electron chi connectivity index (χ1n) is 6.04. The Labute approximate surface area is 108 Å². The van der Waals surface area contributed by atoms with Gasteiger partial charge in [0.2, 0.25) is 0 Å². The Morgan fingerprint density at radius 3 is 2.56 bits per heavy atom. The zero-order valence-electron chi connectivity index (χ0n) is 10.8. The van der Waals surface area contributed by atoms with Gasteiger partial charge in [-0.25, -0.2) is 0 Å². The van der Waals surface area contributed by atoms with Crippen LogP contribution in [-0.4, -0.2) is 25.7 Å². The standard InChI is InChI=1S/C15H18N2O/c1-17(12-9-13-7-10-16-11-8-13)14-5-3-4-6-15(14)18-2/h3-8,10-11H,9,12H2,1-2H3. The summed E-state index contributed by atoms with van der Waals surface area (Å²) in [5.74, 6) is 0.912. The van der Waals surface area contributed by atoms with Crippen LogP contribution in [0.25, 0.3) is 0 Å². The fourth-order valence-corrected chi connectivity index (χ4v) is 1.91. The van der Waals surface area contributed by atoms with Gasteiger partial charge in [-0.2, -0.15) is 0 Å². The molecular weight excluding hydrogens is 224 g/mol. The minimum atomic E-state index is 0.912. The Morgan fingerprint density at radius 1 is 1.11 bits per heavy atom. The van der Waals surface area contributed by atoms with Crippen molar-refractivity contribution in [3.05, 3.63) is 54.4 Å². The molecule has 0 atom stereocenters. The second-order valence-electron chi connectivity index (χ2n) is 4.20. The number of hydrogen-bond donors (Lipinski definition) is 0. The van der Waals surface area contributed by atoms with Crippen molar-refractivity contribution < 1.29 is 4.74 Å². The van der Waals surface area contributed by atoms with Gasteiger partial charge in [0.1, 0.15) is 5.75 Å². The number of ether oxygens (including phenoxy) is 1. The summed E-state index contributed by atoms with van der Waals surface area (Å²) in [4.78, 5) is 6.23. The average molecular weight is 242 g/mol. The summed E-state index contributed by atoms with van der Waals surface area (Å²) in [6.07, 6.45) is 4.66. The van der Waals surface area contributed by atoms with E-state index in [1.165, 1.54) is 5.56 Å². The van der Waals surface area contributed by atoms with Gasteiger partial charge in [-0.3, -0.25) is 4.98 Å². The number of para-hydroxylation sites is 2. The first-order chi connectivity index (χ1) is 8.81. The molecule has 2 aromatic rings. The van der Waals surface area contributed by atoms with Gasteiger partial charge in [0.15, 0.2) is 0 Å². The SMILES string of the molecule is COc1ccccc1N(C)CCc1ccncc1. The smallest absolute Gasteiger partial charge is 0.142 e. The second-order valence-corrected chi connectivity index (χ2v) is 4.20. The molecule has 0 bridgehead atoms. The molecule has 18 heavy (non-hydrogen) atoms. The van der Waals surface area contributed by atoms with E-state index in [9.17, 15) is 0 Å². The summed E-state index contributed by atoms with van der Waals surface area (Å²) in [6.45, 7) is 0.949. The van der Waals surface area contributed by atoms with Crippen LogP contribution in [0, 0.1) is 0 Å². The van der Waals surface area contributed by atoms with Crippen molar-refractivity contribution in [2.75, 3.05) is 25.6 Å². The Hall–Kier alpha value is -2.03. The fraction of sp³-hybridized carbons (Fsp3) is 0.267. The average Bonchev–Trinajstić information content (AvgIpc) is 2.45. The molecule has 1 heterocycles. The maximum Gasteiger partial charge on any atom is 0.142 e. The van der Waals surface area contributed by atoms with E-state index in [-0.39, 0.29) is 0 Å². The van der Waals surface area contributed by atoms with Crippen LogP contribution in [0.5, 0.6) is 5.75 Å². The summed E-state index contributed by atoms with van der Waals surface area (Å²) >= 11 is 0. The van der Waals surface area contributed by atoms with Gasteiger partial charge < -0.3 is 9.64 Å². The molecule has 3 heteroatoms. The minimum absolute atomic E-state index is 0.912. The number of methoxy groups -OCH3 is 1. The lowest BCUT2D eigenvalue weighted by atomic mass is 10.2. The van der Waals surface area contributed by atoms with Crippen LogP contribution in [-0.2, 0) is 6.42 Å². The highest BCUT2D eigenvalue weighted by molar-refractivity contribution is 5.57. The lowest BCUT2D eigenvalue weighted by Gasteiger charge is -2.21. The van der Waals surface area contributed by atoms with Gasteiger partial charge in [-0.05, 0) is 36.2 Å². The summed E-state index contributed by atoms with van der Waals surface area (Å²) < 4.78 is 5.37. The molecule has 0 fully saturated rings. The lowest BCUT2D eigenvalue weighted by molar-refractivity contribution is 0.415. The minimum Gasteiger partial charge on any atom is -0.495 e. The first kappa shape index (κ1) is 12.4.